The summed E-state index contributed by atoms with van der Waals surface area (Å²) in [5.74, 6) is -0.738. The molecule has 6 nitrogen and oxygen atoms in total. The third-order valence-corrected chi connectivity index (χ3v) is 5.29. The van der Waals surface area contributed by atoms with Crippen molar-refractivity contribution in [3.8, 4) is 0 Å². The SMILES string of the molecule is O=C(O)[C@@H]1C[C@H]2CCCC[C@@H]2N1C(=O)c1ccc2[nH]ncc2c1. The standard InChI is InChI=1S/C17H19N3O3/c21-16(11-5-6-13-12(7-11)9-18-19-13)20-14-4-2-1-3-10(14)8-15(20)17(22)23/h5-7,9-10,14-15H,1-4,8H2,(H,18,19)(H,22,23)/t10-,14+,15+/m1/s1. The number of hydrogen-bond donors (Lipinski definition) is 2. The first-order chi connectivity index (χ1) is 11.1. The maximum absolute atomic E-state index is 13.0. The maximum Gasteiger partial charge on any atom is 0.326 e. The van der Waals surface area contributed by atoms with E-state index in [1.54, 1.807) is 23.2 Å². The van der Waals surface area contributed by atoms with Crippen LogP contribution in [0.25, 0.3) is 10.9 Å². The normalized spacial score (nSPS) is 27.1. The quantitative estimate of drug-likeness (QED) is 0.891. The van der Waals surface area contributed by atoms with Crippen LogP contribution in [0.4, 0.5) is 0 Å². The van der Waals surface area contributed by atoms with Gasteiger partial charge >= 0.3 is 5.97 Å². The molecule has 2 aromatic rings. The van der Waals surface area contributed by atoms with Gasteiger partial charge in [0.05, 0.1) is 11.7 Å². The molecule has 0 unspecified atom stereocenters. The molecule has 1 aromatic carbocycles. The minimum atomic E-state index is -0.892. The Balaban J connectivity index is 1.70. The molecule has 1 saturated heterocycles. The highest BCUT2D eigenvalue weighted by Gasteiger charge is 2.47. The Bertz CT molecular complexity index is 769. The fraction of sp³-hybridized carbons (Fsp3) is 0.471. The Kier molecular flexibility index (Phi) is 3.32. The van der Waals surface area contributed by atoms with E-state index in [-0.39, 0.29) is 11.9 Å². The number of fused-ring (bicyclic) bond motifs is 2. The number of amides is 1. The van der Waals surface area contributed by atoms with Gasteiger partial charge in [0.25, 0.3) is 5.91 Å². The Hall–Kier alpha value is -2.37. The van der Waals surface area contributed by atoms with Crippen LogP contribution >= 0.6 is 0 Å². The molecule has 1 saturated carbocycles. The topological polar surface area (TPSA) is 86.3 Å². The van der Waals surface area contributed by atoms with Crippen molar-refractivity contribution in [3.63, 3.8) is 0 Å². The summed E-state index contributed by atoms with van der Waals surface area (Å²) in [5.41, 5.74) is 1.41. The molecule has 1 aliphatic heterocycles. The molecule has 3 atom stereocenters. The highest BCUT2D eigenvalue weighted by Crippen LogP contribution is 2.40. The van der Waals surface area contributed by atoms with Gasteiger partial charge in [0.2, 0.25) is 0 Å². The highest BCUT2D eigenvalue weighted by molar-refractivity contribution is 6.00. The Morgan fingerprint density at radius 1 is 1.26 bits per heavy atom. The molecule has 1 aromatic heterocycles. The number of carboxylic acid groups (broad SMARTS) is 1. The van der Waals surface area contributed by atoms with Gasteiger partial charge in [-0.3, -0.25) is 9.89 Å². The minimum absolute atomic E-state index is 0.0670. The number of likely N-dealkylation sites (tertiary alicyclic amines) is 1. The number of nitrogens with zero attached hydrogens (tertiary/aromatic N) is 2. The van der Waals surface area contributed by atoms with E-state index >= 15 is 0 Å². The number of aromatic nitrogens is 2. The van der Waals surface area contributed by atoms with E-state index < -0.39 is 12.0 Å². The number of nitrogens with one attached hydrogen (secondary N) is 1. The van der Waals surface area contributed by atoms with Gasteiger partial charge in [0.15, 0.2) is 0 Å². The lowest BCUT2D eigenvalue weighted by atomic mass is 9.84. The zero-order valence-electron chi connectivity index (χ0n) is 12.7. The summed E-state index contributed by atoms with van der Waals surface area (Å²) in [4.78, 5) is 26.3. The van der Waals surface area contributed by atoms with Crippen molar-refractivity contribution in [2.24, 2.45) is 5.92 Å². The van der Waals surface area contributed by atoms with Crippen LogP contribution in [-0.2, 0) is 4.79 Å². The lowest BCUT2D eigenvalue weighted by Gasteiger charge is -2.33. The van der Waals surface area contributed by atoms with Crippen LogP contribution in [0.1, 0.15) is 42.5 Å². The van der Waals surface area contributed by atoms with Gasteiger partial charge in [-0.15, -0.1) is 0 Å². The average molecular weight is 313 g/mol. The van der Waals surface area contributed by atoms with Crippen LogP contribution in [0.2, 0.25) is 0 Å². The van der Waals surface area contributed by atoms with Gasteiger partial charge in [0, 0.05) is 17.0 Å². The summed E-state index contributed by atoms with van der Waals surface area (Å²) in [7, 11) is 0. The summed E-state index contributed by atoms with van der Waals surface area (Å²) in [6.07, 6.45) is 6.40. The summed E-state index contributed by atoms with van der Waals surface area (Å²) in [6.45, 7) is 0. The molecule has 2 aliphatic rings. The summed E-state index contributed by atoms with van der Waals surface area (Å²) >= 11 is 0. The number of carboxylic acids is 1. The second-order valence-electron chi connectivity index (χ2n) is 6.59. The summed E-state index contributed by atoms with van der Waals surface area (Å²) in [6, 6.07) is 4.72. The van der Waals surface area contributed by atoms with E-state index in [0.29, 0.717) is 17.9 Å². The fourth-order valence-electron chi connectivity index (χ4n) is 4.20. The van der Waals surface area contributed by atoms with Crippen molar-refractivity contribution in [2.75, 3.05) is 0 Å². The second kappa shape index (κ2) is 5.37. The lowest BCUT2D eigenvalue weighted by molar-refractivity contribution is -0.141. The van der Waals surface area contributed by atoms with Crippen LogP contribution in [0, 0.1) is 5.92 Å². The number of carbonyl (C=O) groups is 2. The van der Waals surface area contributed by atoms with Gasteiger partial charge in [-0.05, 0) is 43.4 Å². The fourth-order valence-corrected chi connectivity index (χ4v) is 4.20. The molecule has 0 bridgehead atoms. The first kappa shape index (κ1) is 14.2. The largest absolute Gasteiger partial charge is 0.480 e. The van der Waals surface area contributed by atoms with E-state index in [9.17, 15) is 14.7 Å². The van der Waals surface area contributed by atoms with Crippen molar-refractivity contribution < 1.29 is 14.7 Å². The Morgan fingerprint density at radius 2 is 2.09 bits per heavy atom. The number of rotatable bonds is 2. The highest BCUT2D eigenvalue weighted by atomic mass is 16.4. The number of aromatic amines is 1. The van der Waals surface area contributed by atoms with Gasteiger partial charge in [-0.1, -0.05) is 12.8 Å². The third-order valence-electron chi connectivity index (χ3n) is 5.29. The predicted molar refractivity (Wildman–Crippen MR) is 84.1 cm³/mol. The van der Waals surface area contributed by atoms with Gasteiger partial charge in [0.1, 0.15) is 6.04 Å². The summed E-state index contributed by atoms with van der Waals surface area (Å²) < 4.78 is 0. The van der Waals surface area contributed by atoms with Crippen LogP contribution < -0.4 is 0 Å². The summed E-state index contributed by atoms with van der Waals surface area (Å²) in [5, 5.41) is 17.2. The molecule has 1 aliphatic carbocycles. The lowest BCUT2D eigenvalue weighted by Crippen LogP contribution is -2.46. The average Bonchev–Trinajstić information content (AvgIpc) is 3.17. The molecule has 23 heavy (non-hydrogen) atoms. The van der Waals surface area contributed by atoms with Gasteiger partial charge in [-0.25, -0.2) is 4.79 Å². The van der Waals surface area contributed by atoms with E-state index in [1.807, 2.05) is 6.07 Å². The van der Waals surface area contributed by atoms with Crippen molar-refractivity contribution >= 4 is 22.8 Å². The maximum atomic E-state index is 13.0. The molecule has 4 rings (SSSR count). The van der Waals surface area contributed by atoms with Crippen LogP contribution in [-0.4, -0.2) is 44.2 Å². The van der Waals surface area contributed by atoms with E-state index in [2.05, 4.69) is 10.2 Å². The molecular formula is C17H19N3O3. The predicted octanol–water partition coefficient (Wildman–Crippen LogP) is 2.42. The molecule has 2 heterocycles. The molecule has 1 amide bonds. The zero-order valence-corrected chi connectivity index (χ0v) is 12.7. The number of hydrogen-bond acceptors (Lipinski definition) is 3. The minimum Gasteiger partial charge on any atom is -0.480 e. The third kappa shape index (κ3) is 2.29. The number of benzene rings is 1. The Morgan fingerprint density at radius 3 is 2.91 bits per heavy atom. The molecular weight excluding hydrogens is 294 g/mol. The van der Waals surface area contributed by atoms with Crippen LogP contribution in [0.15, 0.2) is 24.4 Å². The molecule has 6 heteroatoms. The number of carbonyl (C=O) groups excluding carboxylic acids is 1. The van der Waals surface area contributed by atoms with Crippen molar-refractivity contribution in [3.05, 3.63) is 30.0 Å². The zero-order chi connectivity index (χ0) is 16.0. The van der Waals surface area contributed by atoms with E-state index in [0.717, 1.165) is 36.6 Å². The van der Waals surface area contributed by atoms with Gasteiger partial charge < -0.3 is 10.0 Å². The smallest absolute Gasteiger partial charge is 0.326 e. The first-order valence-corrected chi connectivity index (χ1v) is 8.14. The first-order valence-electron chi connectivity index (χ1n) is 8.14. The molecule has 120 valence electrons. The Labute approximate surface area is 133 Å². The van der Waals surface area contributed by atoms with Crippen LogP contribution in [0.3, 0.4) is 0 Å². The van der Waals surface area contributed by atoms with Crippen molar-refractivity contribution in [2.45, 2.75) is 44.2 Å². The molecule has 0 radical (unpaired) electrons. The monoisotopic (exact) mass is 313 g/mol. The van der Waals surface area contributed by atoms with E-state index in [4.69, 9.17) is 0 Å². The number of H-pyrrole nitrogens is 1. The second-order valence-corrected chi connectivity index (χ2v) is 6.59. The molecule has 2 fully saturated rings. The van der Waals surface area contributed by atoms with Crippen molar-refractivity contribution in [1.29, 1.82) is 0 Å². The van der Waals surface area contributed by atoms with Gasteiger partial charge in [-0.2, -0.15) is 5.10 Å². The van der Waals surface area contributed by atoms with E-state index in [1.165, 1.54) is 0 Å². The van der Waals surface area contributed by atoms with Crippen LogP contribution in [0.5, 0.6) is 0 Å². The molecule has 2 N–H and O–H groups in total. The number of aliphatic carboxylic acids is 1. The molecule has 0 spiro atoms. The van der Waals surface area contributed by atoms with Crippen molar-refractivity contribution in [1.82, 2.24) is 15.1 Å².